The van der Waals surface area contributed by atoms with Crippen LogP contribution >= 0.6 is 0 Å². The Bertz CT molecular complexity index is 419. The number of nitrogens with zero attached hydrogens (tertiary/aromatic N) is 1. The molecule has 6 heteroatoms. The Hall–Kier alpha value is -1.40. The van der Waals surface area contributed by atoms with Crippen LogP contribution in [0.2, 0.25) is 0 Å². The number of rotatable bonds is 6. The lowest BCUT2D eigenvalue weighted by molar-refractivity contribution is 0.0296. The summed E-state index contributed by atoms with van der Waals surface area (Å²) in [7, 11) is 0. The minimum atomic E-state index is -0.496. The zero-order valence-corrected chi connectivity index (χ0v) is 9.18. The van der Waals surface area contributed by atoms with Crippen LogP contribution in [0.4, 0.5) is 0 Å². The van der Waals surface area contributed by atoms with Crippen LogP contribution in [0.1, 0.15) is 13.3 Å². The van der Waals surface area contributed by atoms with Gasteiger partial charge in [-0.1, -0.05) is 6.92 Å². The van der Waals surface area contributed by atoms with Gasteiger partial charge in [-0.15, -0.1) is 0 Å². The van der Waals surface area contributed by atoms with Crippen LogP contribution in [0.15, 0.2) is 21.9 Å². The molecule has 1 heterocycles. The van der Waals surface area contributed by atoms with E-state index in [-0.39, 0.29) is 19.3 Å². The standard InChI is InChI=1S/C10H16N2O4/c1-2-8(5-13)6-16-7-12-4-3-9(14)11-10(12)15/h3-4,8,13H,2,5-7H2,1H3,(H,11,14,15). The van der Waals surface area contributed by atoms with Gasteiger partial charge < -0.3 is 9.84 Å². The maximum atomic E-state index is 11.2. The molecular formula is C10H16N2O4. The molecular weight excluding hydrogens is 212 g/mol. The molecule has 0 saturated carbocycles. The molecule has 0 bridgehead atoms. The topological polar surface area (TPSA) is 84.3 Å². The zero-order chi connectivity index (χ0) is 12.0. The van der Waals surface area contributed by atoms with Gasteiger partial charge in [-0.2, -0.15) is 0 Å². The number of aromatic nitrogens is 2. The molecule has 0 amide bonds. The quantitative estimate of drug-likeness (QED) is 0.689. The number of H-pyrrole nitrogens is 1. The fourth-order valence-corrected chi connectivity index (χ4v) is 1.16. The normalized spacial score (nSPS) is 12.6. The number of aliphatic hydroxyl groups excluding tert-OH is 1. The molecule has 90 valence electrons. The lowest BCUT2D eigenvalue weighted by atomic mass is 10.1. The summed E-state index contributed by atoms with van der Waals surface area (Å²) in [5, 5.41) is 8.92. The molecule has 1 rings (SSSR count). The van der Waals surface area contributed by atoms with Crippen LogP contribution < -0.4 is 11.2 Å². The molecule has 0 saturated heterocycles. The third-order valence-corrected chi connectivity index (χ3v) is 2.32. The molecule has 1 atom stereocenters. The number of hydrogen-bond acceptors (Lipinski definition) is 4. The van der Waals surface area contributed by atoms with E-state index in [0.29, 0.717) is 6.61 Å². The van der Waals surface area contributed by atoms with Crippen molar-refractivity contribution in [2.75, 3.05) is 13.2 Å². The van der Waals surface area contributed by atoms with Crippen LogP contribution in [0, 0.1) is 5.92 Å². The molecule has 16 heavy (non-hydrogen) atoms. The summed E-state index contributed by atoms with van der Waals surface area (Å²) in [6.45, 7) is 2.48. The van der Waals surface area contributed by atoms with Crippen molar-refractivity contribution in [3.8, 4) is 0 Å². The summed E-state index contributed by atoms with van der Waals surface area (Å²) >= 11 is 0. The maximum Gasteiger partial charge on any atom is 0.330 e. The van der Waals surface area contributed by atoms with Crippen molar-refractivity contribution in [3.05, 3.63) is 33.1 Å². The summed E-state index contributed by atoms with van der Waals surface area (Å²) in [6.07, 6.45) is 2.19. The van der Waals surface area contributed by atoms with Crippen LogP contribution in [-0.4, -0.2) is 27.9 Å². The van der Waals surface area contributed by atoms with Gasteiger partial charge in [0, 0.05) is 24.8 Å². The van der Waals surface area contributed by atoms with Gasteiger partial charge in [0.1, 0.15) is 6.73 Å². The van der Waals surface area contributed by atoms with Gasteiger partial charge in [0.2, 0.25) is 0 Å². The second-order valence-electron chi connectivity index (χ2n) is 3.54. The molecule has 0 spiro atoms. The van der Waals surface area contributed by atoms with Gasteiger partial charge in [-0.05, 0) is 6.42 Å². The molecule has 1 unspecified atom stereocenters. The van der Waals surface area contributed by atoms with Crippen LogP contribution in [0.5, 0.6) is 0 Å². The van der Waals surface area contributed by atoms with E-state index < -0.39 is 11.2 Å². The first-order valence-corrected chi connectivity index (χ1v) is 5.15. The summed E-state index contributed by atoms with van der Waals surface area (Å²) in [6, 6.07) is 1.26. The van der Waals surface area contributed by atoms with E-state index in [1.807, 2.05) is 6.92 Å². The number of aliphatic hydroxyl groups is 1. The first-order valence-electron chi connectivity index (χ1n) is 5.15. The lowest BCUT2D eigenvalue weighted by Crippen LogP contribution is -2.29. The predicted octanol–water partition coefficient (Wildman–Crippen LogP) is -0.471. The fourth-order valence-electron chi connectivity index (χ4n) is 1.16. The summed E-state index contributed by atoms with van der Waals surface area (Å²) in [5.41, 5.74) is -0.924. The minimum Gasteiger partial charge on any atom is -0.396 e. The first-order chi connectivity index (χ1) is 7.67. The van der Waals surface area contributed by atoms with E-state index in [1.165, 1.54) is 16.8 Å². The average molecular weight is 228 g/mol. The number of ether oxygens (including phenoxy) is 1. The highest BCUT2D eigenvalue weighted by Crippen LogP contribution is 2.01. The number of hydrogen-bond donors (Lipinski definition) is 2. The molecule has 1 aromatic heterocycles. The van der Waals surface area contributed by atoms with Crippen molar-refractivity contribution in [2.24, 2.45) is 5.92 Å². The van der Waals surface area contributed by atoms with E-state index in [4.69, 9.17) is 9.84 Å². The van der Waals surface area contributed by atoms with Gasteiger partial charge in [0.15, 0.2) is 0 Å². The molecule has 0 aliphatic heterocycles. The van der Waals surface area contributed by atoms with Crippen LogP contribution in [-0.2, 0) is 11.5 Å². The summed E-state index contributed by atoms with van der Waals surface area (Å²) in [4.78, 5) is 24.1. The molecule has 0 radical (unpaired) electrons. The van der Waals surface area contributed by atoms with Gasteiger partial charge in [0.25, 0.3) is 5.56 Å². The Morgan fingerprint density at radius 1 is 1.56 bits per heavy atom. The monoisotopic (exact) mass is 228 g/mol. The highest BCUT2D eigenvalue weighted by Gasteiger charge is 2.04. The van der Waals surface area contributed by atoms with Crippen LogP contribution in [0.25, 0.3) is 0 Å². The van der Waals surface area contributed by atoms with E-state index in [2.05, 4.69) is 4.98 Å². The Balaban J connectivity index is 2.49. The summed E-state index contributed by atoms with van der Waals surface area (Å²) < 4.78 is 6.52. The van der Waals surface area contributed by atoms with E-state index >= 15 is 0 Å². The Morgan fingerprint density at radius 3 is 2.88 bits per heavy atom. The van der Waals surface area contributed by atoms with Crippen LogP contribution in [0.3, 0.4) is 0 Å². The SMILES string of the molecule is CCC(CO)COCn1ccc(=O)[nH]c1=O. The zero-order valence-electron chi connectivity index (χ0n) is 9.18. The fraction of sp³-hybridized carbons (Fsp3) is 0.600. The molecule has 0 aromatic carbocycles. The third-order valence-electron chi connectivity index (χ3n) is 2.32. The minimum absolute atomic E-state index is 0.0665. The molecule has 0 aliphatic carbocycles. The lowest BCUT2D eigenvalue weighted by Gasteiger charge is -2.12. The van der Waals surface area contributed by atoms with E-state index in [0.717, 1.165) is 6.42 Å². The third kappa shape index (κ3) is 3.63. The highest BCUT2D eigenvalue weighted by atomic mass is 16.5. The van der Waals surface area contributed by atoms with Crippen molar-refractivity contribution < 1.29 is 9.84 Å². The first kappa shape index (κ1) is 12.7. The molecule has 0 aliphatic rings. The number of nitrogens with one attached hydrogen (secondary N) is 1. The number of aromatic amines is 1. The molecule has 0 fully saturated rings. The van der Waals surface area contributed by atoms with Crippen molar-refractivity contribution in [1.29, 1.82) is 0 Å². The highest BCUT2D eigenvalue weighted by molar-refractivity contribution is 4.81. The maximum absolute atomic E-state index is 11.2. The van der Waals surface area contributed by atoms with Gasteiger partial charge >= 0.3 is 5.69 Å². The van der Waals surface area contributed by atoms with Crippen molar-refractivity contribution in [3.63, 3.8) is 0 Å². The van der Waals surface area contributed by atoms with Crippen molar-refractivity contribution >= 4 is 0 Å². The molecule has 1 aromatic rings. The Morgan fingerprint density at radius 2 is 2.31 bits per heavy atom. The van der Waals surface area contributed by atoms with Gasteiger partial charge in [0.05, 0.1) is 6.61 Å². The second kappa shape index (κ2) is 6.24. The van der Waals surface area contributed by atoms with Gasteiger partial charge in [-0.3, -0.25) is 14.3 Å². The second-order valence-corrected chi connectivity index (χ2v) is 3.54. The predicted molar refractivity (Wildman–Crippen MR) is 58.1 cm³/mol. The molecule has 2 N–H and O–H groups in total. The largest absolute Gasteiger partial charge is 0.396 e. The van der Waals surface area contributed by atoms with Crippen molar-refractivity contribution in [1.82, 2.24) is 9.55 Å². The van der Waals surface area contributed by atoms with E-state index in [1.54, 1.807) is 0 Å². The summed E-state index contributed by atoms with van der Waals surface area (Å²) in [5.74, 6) is 0.0819. The van der Waals surface area contributed by atoms with E-state index in [9.17, 15) is 9.59 Å². The Kier molecular flexibility index (Phi) is 4.94. The Labute approximate surface area is 92.5 Å². The average Bonchev–Trinajstić information content (AvgIpc) is 2.27. The smallest absolute Gasteiger partial charge is 0.330 e. The van der Waals surface area contributed by atoms with Crippen molar-refractivity contribution in [2.45, 2.75) is 20.1 Å². The van der Waals surface area contributed by atoms with Gasteiger partial charge in [-0.25, -0.2) is 4.79 Å². The molecule has 6 nitrogen and oxygen atoms in total.